The maximum absolute atomic E-state index is 12.0. The van der Waals surface area contributed by atoms with Gasteiger partial charge in [-0.2, -0.15) is 0 Å². The number of unbranched alkanes of at least 4 members (excludes halogenated alkanes) is 1. The molecule has 1 aromatic carbocycles. The van der Waals surface area contributed by atoms with Gasteiger partial charge in [0.05, 0.1) is 5.69 Å². The van der Waals surface area contributed by atoms with Crippen molar-refractivity contribution in [3.8, 4) is 0 Å². The maximum Gasteiger partial charge on any atom is 0.306 e. The lowest BCUT2D eigenvalue weighted by atomic mass is 10.0. The van der Waals surface area contributed by atoms with E-state index in [1.807, 2.05) is 32.9 Å². The van der Waals surface area contributed by atoms with Crippen LogP contribution in [-0.4, -0.2) is 11.9 Å². The molecule has 1 heterocycles. The van der Waals surface area contributed by atoms with Crippen molar-refractivity contribution in [3.05, 3.63) is 28.8 Å². The molecule has 4 heteroatoms. The third kappa shape index (κ3) is 2.62. The van der Waals surface area contributed by atoms with Gasteiger partial charge in [0.2, 0.25) is 6.10 Å². The van der Waals surface area contributed by atoms with Crippen LogP contribution < -0.4 is 5.32 Å². The van der Waals surface area contributed by atoms with Crippen molar-refractivity contribution in [2.75, 3.05) is 5.32 Å². The monoisotopic (exact) mass is 261 g/mol. The van der Waals surface area contributed by atoms with Gasteiger partial charge in [0.1, 0.15) is 0 Å². The highest BCUT2D eigenvalue weighted by Gasteiger charge is 2.35. The van der Waals surface area contributed by atoms with E-state index in [9.17, 15) is 9.59 Å². The van der Waals surface area contributed by atoms with Gasteiger partial charge in [-0.05, 0) is 31.4 Å². The molecule has 1 N–H and O–H groups in total. The number of rotatable bonds is 4. The van der Waals surface area contributed by atoms with E-state index in [2.05, 4.69) is 5.32 Å². The molecule has 1 atom stereocenters. The van der Waals surface area contributed by atoms with Crippen LogP contribution in [0.2, 0.25) is 0 Å². The predicted octanol–water partition coefficient (Wildman–Crippen LogP) is 3.03. The van der Waals surface area contributed by atoms with Crippen molar-refractivity contribution in [1.82, 2.24) is 0 Å². The molecule has 0 saturated heterocycles. The lowest BCUT2D eigenvalue weighted by Crippen LogP contribution is -2.19. The van der Waals surface area contributed by atoms with Gasteiger partial charge < -0.3 is 10.1 Å². The number of anilines is 1. The number of aryl methyl sites for hydroxylation is 2. The van der Waals surface area contributed by atoms with E-state index in [1.54, 1.807) is 0 Å². The summed E-state index contributed by atoms with van der Waals surface area (Å²) in [5.41, 5.74) is 3.54. The Bertz CT molecular complexity index is 522. The molecule has 4 nitrogen and oxygen atoms in total. The summed E-state index contributed by atoms with van der Waals surface area (Å²) in [7, 11) is 0. The first-order chi connectivity index (χ1) is 9.04. The van der Waals surface area contributed by atoms with Gasteiger partial charge >= 0.3 is 5.97 Å². The summed E-state index contributed by atoms with van der Waals surface area (Å²) in [4.78, 5) is 23.7. The van der Waals surface area contributed by atoms with Crippen LogP contribution in [0.15, 0.2) is 12.1 Å². The molecule has 0 aromatic heterocycles. The molecule has 1 unspecified atom stereocenters. The van der Waals surface area contributed by atoms with E-state index in [-0.39, 0.29) is 11.9 Å². The first-order valence-corrected chi connectivity index (χ1v) is 6.65. The van der Waals surface area contributed by atoms with Crippen LogP contribution in [0.4, 0.5) is 5.69 Å². The standard InChI is InChI=1S/C15H19NO3/c1-4-5-6-11(17)19-14-12-9(2)7-8-10(3)13(12)16-15(14)18/h7-8,14H,4-6H2,1-3H3,(H,16,18). The average Bonchev–Trinajstić information content (AvgIpc) is 2.70. The van der Waals surface area contributed by atoms with Gasteiger partial charge in [0.15, 0.2) is 0 Å². The molecule has 2 rings (SSSR count). The van der Waals surface area contributed by atoms with E-state index >= 15 is 0 Å². The molecule has 0 saturated carbocycles. The lowest BCUT2D eigenvalue weighted by Gasteiger charge is -2.13. The van der Waals surface area contributed by atoms with Crippen LogP contribution >= 0.6 is 0 Å². The summed E-state index contributed by atoms with van der Waals surface area (Å²) >= 11 is 0. The molecule has 0 aliphatic carbocycles. The molecule has 1 aromatic rings. The summed E-state index contributed by atoms with van der Waals surface area (Å²) in [6, 6.07) is 3.90. The van der Waals surface area contributed by atoms with Crippen LogP contribution in [0.5, 0.6) is 0 Å². The van der Waals surface area contributed by atoms with Gasteiger partial charge in [0.25, 0.3) is 5.91 Å². The SMILES string of the molecule is CCCCC(=O)OC1C(=O)Nc2c(C)ccc(C)c21. The Morgan fingerprint density at radius 3 is 2.68 bits per heavy atom. The summed E-state index contributed by atoms with van der Waals surface area (Å²) in [5, 5.41) is 2.80. The Balaban J connectivity index is 2.23. The summed E-state index contributed by atoms with van der Waals surface area (Å²) in [6.07, 6.45) is 1.29. The number of hydrogen-bond acceptors (Lipinski definition) is 3. The second-order valence-electron chi connectivity index (χ2n) is 4.95. The largest absolute Gasteiger partial charge is 0.447 e. The number of ether oxygens (including phenoxy) is 1. The van der Waals surface area contributed by atoms with Gasteiger partial charge in [0, 0.05) is 12.0 Å². The van der Waals surface area contributed by atoms with Gasteiger partial charge in [-0.15, -0.1) is 0 Å². The van der Waals surface area contributed by atoms with Crippen LogP contribution in [-0.2, 0) is 14.3 Å². The van der Waals surface area contributed by atoms with Crippen LogP contribution in [0.1, 0.15) is 49.0 Å². The van der Waals surface area contributed by atoms with Crippen molar-refractivity contribution in [3.63, 3.8) is 0 Å². The molecule has 1 amide bonds. The predicted molar refractivity (Wildman–Crippen MR) is 72.9 cm³/mol. The summed E-state index contributed by atoms with van der Waals surface area (Å²) in [6.45, 7) is 5.86. The van der Waals surface area contributed by atoms with Crippen LogP contribution in [0.3, 0.4) is 0 Å². The molecule has 19 heavy (non-hydrogen) atoms. The molecular weight excluding hydrogens is 242 g/mol. The molecule has 102 valence electrons. The third-order valence-corrected chi connectivity index (χ3v) is 3.40. The van der Waals surface area contributed by atoms with Gasteiger partial charge in [-0.25, -0.2) is 0 Å². The minimum atomic E-state index is -0.792. The summed E-state index contributed by atoms with van der Waals surface area (Å²) < 4.78 is 5.34. The van der Waals surface area contributed by atoms with E-state index < -0.39 is 6.10 Å². The Hall–Kier alpha value is -1.84. The normalized spacial score (nSPS) is 17.0. The second kappa shape index (κ2) is 5.43. The number of carbonyl (C=O) groups is 2. The zero-order valence-corrected chi connectivity index (χ0v) is 11.6. The fourth-order valence-corrected chi connectivity index (χ4v) is 2.28. The highest BCUT2D eigenvalue weighted by Crippen LogP contribution is 2.38. The van der Waals surface area contributed by atoms with E-state index in [0.717, 1.165) is 35.2 Å². The van der Waals surface area contributed by atoms with Crippen molar-refractivity contribution in [2.45, 2.75) is 46.1 Å². The van der Waals surface area contributed by atoms with Crippen molar-refractivity contribution in [1.29, 1.82) is 0 Å². The molecule has 0 spiro atoms. The Kier molecular flexibility index (Phi) is 3.88. The van der Waals surface area contributed by atoms with E-state index in [1.165, 1.54) is 0 Å². The number of esters is 1. The Morgan fingerprint density at radius 2 is 2.00 bits per heavy atom. The number of benzene rings is 1. The average molecular weight is 261 g/mol. The first-order valence-electron chi connectivity index (χ1n) is 6.65. The Morgan fingerprint density at radius 1 is 1.32 bits per heavy atom. The fourth-order valence-electron chi connectivity index (χ4n) is 2.28. The van der Waals surface area contributed by atoms with Crippen molar-refractivity contribution in [2.24, 2.45) is 0 Å². The van der Waals surface area contributed by atoms with Crippen molar-refractivity contribution < 1.29 is 14.3 Å². The van der Waals surface area contributed by atoms with Crippen LogP contribution in [0, 0.1) is 13.8 Å². The topological polar surface area (TPSA) is 55.4 Å². The molecule has 0 radical (unpaired) electrons. The number of carbonyl (C=O) groups excluding carboxylic acids is 2. The lowest BCUT2D eigenvalue weighted by molar-refractivity contribution is -0.154. The number of nitrogens with one attached hydrogen (secondary N) is 1. The second-order valence-corrected chi connectivity index (χ2v) is 4.95. The number of fused-ring (bicyclic) bond motifs is 1. The summed E-state index contributed by atoms with van der Waals surface area (Å²) in [5.74, 6) is -0.562. The van der Waals surface area contributed by atoms with E-state index in [0.29, 0.717) is 6.42 Å². The zero-order valence-electron chi connectivity index (χ0n) is 11.6. The zero-order chi connectivity index (χ0) is 14.0. The minimum absolute atomic E-state index is 0.253. The Labute approximate surface area is 113 Å². The highest BCUT2D eigenvalue weighted by atomic mass is 16.5. The van der Waals surface area contributed by atoms with Gasteiger partial charge in [-0.3, -0.25) is 9.59 Å². The van der Waals surface area contributed by atoms with Gasteiger partial charge in [-0.1, -0.05) is 25.5 Å². The smallest absolute Gasteiger partial charge is 0.306 e. The molecule has 0 bridgehead atoms. The quantitative estimate of drug-likeness (QED) is 0.847. The molecular formula is C15H19NO3. The third-order valence-electron chi connectivity index (χ3n) is 3.40. The molecule has 1 aliphatic heterocycles. The number of amides is 1. The number of hydrogen-bond donors (Lipinski definition) is 1. The van der Waals surface area contributed by atoms with E-state index in [4.69, 9.17) is 4.74 Å². The van der Waals surface area contributed by atoms with Crippen molar-refractivity contribution >= 4 is 17.6 Å². The molecule has 0 fully saturated rings. The maximum atomic E-state index is 12.0. The van der Waals surface area contributed by atoms with Crippen LogP contribution in [0.25, 0.3) is 0 Å². The highest BCUT2D eigenvalue weighted by molar-refractivity contribution is 6.04. The molecule has 1 aliphatic rings. The minimum Gasteiger partial charge on any atom is -0.447 e. The fraction of sp³-hybridized carbons (Fsp3) is 0.467. The first kappa shape index (κ1) is 13.6.